The van der Waals surface area contributed by atoms with E-state index in [0.29, 0.717) is 5.92 Å². The Morgan fingerprint density at radius 2 is 2.07 bits per heavy atom. The lowest BCUT2D eigenvalue weighted by Gasteiger charge is -2.35. The molecule has 2 aliphatic rings. The molecule has 0 aromatic heterocycles. The SMILES string of the molecule is C=C.CC1=CCC2CN(C)COC2=C1C. The fourth-order valence-corrected chi connectivity index (χ4v) is 2.07. The fraction of sp³-hybridized carbons (Fsp3) is 0.538. The Balaban J connectivity index is 0.000000531. The van der Waals surface area contributed by atoms with Crippen LogP contribution in [0.5, 0.6) is 0 Å². The molecule has 2 nitrogen and oxygen atoms in total. The van der Waals surface area contributed by atoms with Crippen molar-refractivity contribution in [2.24, 2.45) is 5.92 Å². The van der Waals surface area contributed by atoms with E-state index in [0.717, 1.165) is 19.7 Å². The topological polar surface area (TPSA) is 12.5 Å². The Kier molecular flexibility index (Phi) is 4.15. The number of nitrogens with zero attached hydrogens (tertiary/aromatic N) is 1. The molecule has 0 aromatic rings. The minimum atomic E-state index is 0.599. The summed E-state index contributed by atoms with van der Waals surface area (Å²) < 4.78 is 5.74. The van der Waals surface area contributed by atoms with Gasteiger partial charge in [-0.25, -0.2) is 0 Å². The van der Waals surface area contributed by atoms with Crippen LogP contribution in [0.3, 0.4) is 0 Å². The van der Waals surface area contributed by atoms with Gasteiger partial charge in [0.2, 0.25) is 0 Å². The van der Waals surface area contributed by atoms with Gasteiger partial charge in [0.05, 0.1) is 0 Å². The van der Waals surface area contributed by atoms with E-state index < -0.39 is 0 Å². The second-order valence-electron chi connectivity index (χ2n) is 4.12. The monoisotopic (exact) mass is 207 g/mol. The van der Waals surface area contributed by atoms with Crippen LogP contribution in [-0.4, -0.2) is 25.2 Å². The maximum Gasteiger partial charge on any atom is 0.141 e. The molecule has 0 saturated carbocycles. The number of ether oxygens (including phenoxy) is 1. The van der Waals surface area contributed by atoms with Crippen LogP contribution in [-0.2, 0) is 4.74 Å². The highest BCUT2D eigenvalue weighted by Crippen LogP contribution is 2.33. The lowest BCUT2D eigenvalue weighted by molar-refractivity contribution is 0.0181. The first-order valence-electron chi connectivity index (χ1n) is 5.37. The van der Waals surface area contributed by atoms with Crippen molar-refractivity contribution in [1.82, 2.24) is 4.90 Å². The van der Waals surface area contributed by atoms with Gasteiger partial charge in [-0.1, -0.05) is 6.08 Å². The molecule has 2 rings (SSSR count). The summed E-state index contributed by atoms with van der Waals surface area (Å²) in [5.41, 5.74) is 2.74. The summed E-state index contributed by atoms with van der Waals surface area (Å²) in [6.45, 7) is 12.2. The predicted molar refractivity (Wildman–Crippen MR) is 64.4 cm³/mol. The van der Waals surface area contributed by atoms with Crippen molar-refractivity contribution < 1.29 is 4.74 Å². The van der Waals surface area contributed by atoms with Gasteiger partial charge in [0.25, 0.3) is 0 Å². The molecule has 1 aliphatic carbocycles. The van der Waals surface area contributed by atoms with Gasteiger partial charge in [0.15, 0.2) is 0 Å². The Hall–Kier alpha value is -1.02. The molecular formula is C13H21NO. The standard InChI is InChI=1S/C11H17NO.C2H4/c1-8-4-5-10-6-12(3)7-13-11(10)9(8)2;1-2/h4,10H,5-7H2,1-3H3;1-2H2. The van der Waals surface area contributed by atoms with Gasteiger partial charge in [0.1, 0.15) is 12.5 Å². The zero-order valence-corrected chi connectivity index (χ0v) is 10.0. The van der Waals surface area contributed by atoms with Gasteiger partial charge in [0, 0.05) is 12.5 Å². The number of hydrogen-bond acceptors (Lipinski definition) is 2. The van der Waals surface area contributed by atoms with Gasteiger partial charge >= 0.3 is 0 Å². The number of rotatable bonds is 0. The maximum absolute atomic E-state index is 5.74. The van der Waals surface area contributed by atoms with Gasteiger partial charge in [-0.05, 0) is 38.5 Å². The summed E-state index contributed by atoms with van der Waals surface area (Å²) in [5, 5.41) is 0. The first kappa shape index (κ1) is 12.1. The summed E-state index contributed by atoms with van der Waals surface area (Å²) in [7, 11) is 2.11. The predicted octanol–water partition coefficient (Wildman–Crippen LogP) is 2.95. The van der Waals surface area contributed by atoms with Crippen LogP contribution in [0.1, 0.15) is 20.3 Å². The summed E-state index contributed by atoms with van der Waals surface area (Å²) in [5.74, 6) is 1.83. The highest BCUT2D eigenvalue weighted by molar-refractivity contribution is 5.35. The van der Waals surface area contributed by atoms with Gasteiger partial charge < -0.3 is 4.74 Å². The smallest absolute Gasteiger partial charge is 0.141 e. The van der Waals surface area contributed by atoms with Gasteiger partial charge in [-0.2, -0.15) is 0 Å². The maximum atomic E-state index is 5.74. The van der Waals surface area contributed by atoms with Crippen molar-refractivity contribution in [3.63, 3.8) is 0 Å². The normalized spacial score (nSPS) is 25.8. The summed E-state index contributed by atoms with van der Waals surface area (Å²) in [6, 6.07) is 0. The molecular weight excluding hydrogens is 186 g/mol. The third-order valence-corrected chi connectivity index (χ3v) is 3.01. The minimum Gasteiger partial charge on any atom is -0.482 e. The molecule has 2 heteroatoms. The van der Waals surface area contributed by atoms with Crippen LogP contribution in [0.25, 0.3) is 0 Å². The van der Waals surface area contributed by atoms with E-state index in [9.17, 15) is 0 Å². The molecule has 1 saturated heterocycles. The largest absolute Gasteiger partial charge is 0.482 e. The van der Waals surface area contributed by atoms with E-state index in [1.807, 2.05) is 0 Å². The molecule has 0 amide bonds. The third kappa shape index (κ3) is 2.51. The van der Waals surface area contributed by atoms with Gasteiger partial charge in [-0.15, -0.1) is 13.2 Å². The number of fused-ring (bicyclic) bond motifs is 1. The fourth-order valence-electron chi connectivity index (χ4n) is 2.07. The van der Waals surface area contributed by atoms with Crippen LogP contribution >= 0.6 is 0 Å². The second kappa shape index (κ2) is 5.17. The molecule has 0 bridgehead atoms. The Morgan fingerprint density at radius 1 is 1.40 bits per heavy atom. The van der Waals surface area contributed by atoms with E-state index >= 15 is 0 Å². The molecule has 1 unspecified atom stereocenters. The van der Waals surface area contributed by atoms with E-state index in [2.05, 4.69) is 45.0 Å². The summed E-state index contributed by atoms with van der Waals surface area (Å²) in [4.78, 5) is 2.23. The van der Waals surface area contributed by atoms with Crippen molar-refractivity contribution in [3.05, 3.63) is 36.1 Å². The molecule has 0 spiro atoms. The van der Waals surface area contributed by atoms with Crippen LogP contribution in [0.15, 0.2) is 36.1 Å². The molecule has 0 N–H and O–H groups in total. The van der Waals surface area contributed by atoms with E-state index in [1.54, 1.807) is 0 Å². The molecule has 0 aromatic carbocycles. The average molecular weight is 207 g/mol. The Bertz CT molecular complexity index is 291. The van der Waals surface area contributed by atoms with E-state index in [-0.39, 0.29) is 0 Å². The number of hydrogen-bond donors (Lipinski definition) is 0. The lowest BCUT2D eigenvalue weighted by atomic mass is 9.89. The van der Waals surface area contributed by atoms with Crippen molar-refractivity contribution in [2.45, 2.75) is 20.3 Å². The van der Waals surface area contributed by atoms with Crippen molar-refractivity contribution in [3.8, 4) is 0 Å². The average Bonchev–Trinajstić information content (AvgIpc) is 2.26. The highest BCUT2D eigenvalue weighted by atomic mass is 16.5. The Labute approximate surface area is 92.9 Å². The van der Waals surface area contributed by atoms with Crippen molar-refractivity contribution in [1.29, 1.82) is 0 Å². The molecule has 1 fully saturated rings. The lowest BCUT2D eigenvalue weighted by Crippen LogP contribution is -2.36. The first-order valence-corrected chi connectivity index (χ1v) is 5.37. The number of allylic oxidation sites excluding steroid dienone is 3. The van der Waals surface area contributed by atoms with Crippen LogP contribution in [0, 0.1) is 5.92 Å². The van der Waals surface area contributed by atoms with Crippen LogP contribution < -0.4 is 0 Å². The molecule has 0 radical (unpaired) electrons. The highest BCUT2D eigenvalue weighted by Gasteiger charge is 2.27. The van der Waals surface area contributed by atoms with Crippen LogP contribution in [0.2, 0.25) is 0 Å². The summed E-state index contributed by atoms with van der Waals surface area (Å²) >= 11 is 0. The zero-order chi connectivity index (χ0) is 11.4. The van der Waals surface area contributed by atoms with Gasteiger partial charge in [-0.3, -0.25) is 4.90 Å². The third-order valence-electron chi connectivity index (χ3n) is 3.01. The molecule has 15 heavy (non-hydrogen) atoms. The molecule has 1 atom stereocenters. The zero-order valence-electron chi connectivity index (χ0n) is 10.0. The van der Waals surface area contributed by atoms with Crippen molar-refractivity contribution >= 4 is 0 Å². The molecule has 1 heterocycles. The molecule has 84 valence electrons. The molecule has 1 aliphatic heterocycles. The quantitative estimate of drug-likeness (QED) is 0.566. The second-order valence-corrected chi connectivity index (χ2v) is 4.12. The first-order chi connectivity index (χ1) is 7.18. The van der Waals surface area contributed by atoms with E-state index in [4.69, 9.17) is 4.74 Å². The summed E-state index contributed by atoms with van der Waals surface area (Å²) in [6.07, 6.45) is 3.47. The minimum absolute atomic E-state index is 0.599. The Morgan fingerprint density at radius 3 is 2.73 bits per heavy atom. The van der Waals surface area contributed by atoms with Crippen LogP contribution in [0.4, 0.5) is 0 Å². The van der Waals surface area contributed by atoms with E-state index in [1.165, 1.54) is 16.9 Å². The van der Waals surface area contributed by atoms with Crippen molar-refractivity contribution in [2.75, 3.05) is 20.3 Å².